The summed E-state index contributed by atoms with van der Waals surface area (Å²) in [4.78, 5) is 4.41. The summed E-state index contributed by atoms with van der Waals surface area (Å²) in [5.41, 5.74) is 0. The Morgan fingerprint density at radius 1 is 1.48 bits per heavy atom. The maximum atomic E-state index is 12.8. The topological polar surface area (TPSA) is 62.3 Å². The third-order valence-corrected chi connectivity index (χ3v) is 5.98. The summed E-state index contributed by atoms with van der Waals surface area (Å²) in [6.07, 6.45) is 5.37. The van der Waals surface area contributed by atoms with E-state index in [2.05, 4.69) is 10.3 Å². The van der Waals surface area contributed by atoms with Crippen molar-refractivity contribution >= 4 is 27.6 Å². The van der Waals surface area contributed by atoms with Gasteiger partial charge >= 0.3 is 0 Å². The van der Waals surface area contributed by atoms with E-state index >= 15 is 0 Å². The van der Waals surface area contributed by atoms with E-state index in [1.54, 1.807) is 37.1 Å². The fourth-order valence-electron chi connectivity index (χ4n) is 1.84. The van der Waals surface area contributed by atoms with Gasteiger partial charge in [0.15, 0.2) is 0 Å². The van der Waals surface area contributed by atoms with Crippen LogP contribution in [0.4, 0.5) is 5.82 Å². The Kier molecular flexibility index (Phi) is 7.48. The van der Waals surface area contributed by atoms with E-state index in [-0.39, 0.29) is 10.9 Å². The molecular formula is C14H25N3O2S2. The van der Waals surface area contributed by atoms with Crippen LogP contribution in [-0.2, 0) is 10.0 Å². The molecule has 0 saturated carbocycles. The first-order valence-corrected chi connectivity index (χ1v) is 9.94. The molecular weight excluding hydrogens is 306 g/mol. The molecule has 120 valence electrons. The molecule has 0 fully saturated rings. The highest BCUT2D eigenvalue weighted by molar-refractivity contribution is 7.98. The number of aromatic nitrogens is 1. The number of anilines is 1. The van der Waals surface area contributed by atoms with Crippen LogP contribution in [0.5, 0.6) is 0 Å². The van der Waals surface area contributed by atoms with Crippen molar-refractivity contribution in [3.8, 4) is 0 Å². The van der Waals surface area contributed by atoms with Gasteiger partial charge in [-0.05, 0) is 43.9 Å². The van der Waals surface area contributed by atoms with Crippen molar-refractivity contribution in [1.29, 1.82) is 0 Å². The number of rotatable bonds is 9. The quantitative estimate of drug-likeness (QED) is 0.754. The highest BCUT2D eigenvalue weighted by atomic mass is 32.2. The SMILES string of the molecule is CCCNc1ncccc1S(=O)(=O)N(C)C(C)CCSC. The summed E-state index contributed by atoms with van der Waals surface area (Å²) >= 11 is 1.72. The standard InChI is InChI=1S/C14H25N3O2S2/c1-5-9-15-14-13(7-6-10-16-14)21(18,19)17(3)12(2)8-11-20-4/h6-7,10,12H,5,8-9,11H2,1-4H3,(H,15,16). The maximum Gasteiger partial charge on any atom is 0.246 e. The van der Waals surface area contributed by atoms with Crippen molar-refractivity contribution in [2.75, 3.05) is 30.9 Å². The molecule has 0 aliphatic carbocycles. The number of nitrogens with zero attached hydrogens (tertiary/aromatic N) is 2. The van der Waals surface area contributed by atoms with Gasteiger partial charge in [-0.15, -0.1) is 0 Å². The van der Waals surface area contributed by atoms with Gasteiger partial charge in [-0.1, -0.05) is 6.92 Å². The molecule has 0 saturated heterocycles. The maximum absolute atomic E-state index is 12.8. The van der Waals surface area contributed by atoms with Gasteiger partial charge in [-0.2, -0.15) is 16.1 Å². The second kappa shape index (κ2) is 8.60. The van der Waals surface area contributed by atoms with Gasteiger partial charge < -0.3 is 5.32 Å². The number of hydrogen-bond acceptors (Lipinski definition) is 5. The van der Waals surface area contributed by atoms with E-state index in [4.69, 9.17) is 0 Å². The summed E-state index contributed by atoms with van der Waals surface area (Å²) in [5, 5.41) is 3.08. The largest absolute Gasteiger partial charge is 0.369 e. The van der Waals surface area contributed by atoms with Crippen molar-refractivity contribution in [2.24, 2.45) is 0 Å². The Bertz CT molecular complexity index is 535. The molecule has 1 aromatic heterocycles. The number of nitrogens with one attached hydrogen (secondary N) is 1. The first kappa shape index (κ1) is 18.3. The first-order valence-electron chi connectivity index (χ1n) is 7.11. The van der Waals surface area contributed by atoms with Crippen LogP contribution >= 0.6 is 11.8 Å². The van der Waals surface area contributed by atoms with E-state index in [0.29, 0.717) is 12.4 Å². The van der Waals surface area contributed by atoms with E-state index in [1.807, 2.05) is 20.1 Å². The van der Waals surface area contributed by atoms with Gasteiger partial charge in [0.2, 0.25) is 10.0 Å². The van der Waals surface area contributed by atoms with E-state index in [0.717, 1.165) is 18.6 Å². The normalized spacial score (nSPS) is 13.4. The molecule has 0 amide bonds. The molecule has 0 bridgehead atoms. The van der Waals surface area contributed by atoms with Crippen LogP contribution < -0.4 is 5.32 Å². The molecule has 1 heterocycles. The van der Waals surface area contributed by atoms with E-state index in [1.165, 1.54) is 4.31 Å². The summed E-state index contributed by atoms with van der Waals surface area (Å²) < 4.78 is 27.0. The van der Waals surface area contributed by atoms with Crippen LogP contribution in [0.1, 0.15) is 26.7 Å². The number of thioether (sulfide) groups is 1. The lowest BCUT2D eigenvalue weighted by molar-refractivity contribution is 0.382. The van der Waals surface area contributed by atoms with Crippen molar-refractivity contribution in [1.82, 2.24) is 9.29 Å². The average molecular weight is 332 g/mol. The van der Waals surface area contributed by atoms with Gasteiger partial charge in [0.1, 0.15) is 10.7 Å². The van der Waals surface area contributed by atoms with Gasteiger partial charge in [-0.25, -0.2) is 13.4 Å². The van der Waals surface area contributed by atoms with Crippen LogP contribution in [-0.4, -0.2) is 49.3 Å². The monoisotopic (exact) mass is 331 g/mol. The van der Waals surface area contributed by atoms with Crippen LogP contribution in [0.25, 0.3) is 0 Å². The molecule has 7 heteroatoms. The third-order valence-electron chi connectivity index (χ3n) is 3.33. The minimum atomic E-state index is -3.53. The Hall–Kier alpha value is -0.790. The molecule has 0 aliphatic heterocycles. The predicted octanol–water partition coefficient (Wildman–Crippen LogP) is 2.67. The molecule has 1 unspecified atom stereocenters. The Labute approximate surface area is 132 Å². The fourth-order valence-corrected chi connectivity index (χ4v) is 3.92. The number of hydrogen-bond donors (Lipinski definition) is 1. The molecule has 0 aromatic carbocycles. The first-order chi connectivity index (χ1) is 9.95. The second-order valence-corrected chi connectivity index (χ2v) is 7.88. The summed E-state index contributed by atoms with van der Waals surface area (Å²) in [7, 11) is -1.89. The zero-order valence-electron chi connectivity index (χ0n) is 13.2. The van der Waals surface area contributed by atoms with Crippen molar-refractivity contribution in [2.45, 2.75) is 37.6 Å². The van der Waals surface area contributed by atoms with Crippen LogP contribution in [0.15, 0.2) is 23.2 Å². The third kappa shape index (κ3) is 4.86. The fraction of sp³-hybridized carbons (Fsp3) is 0.643. The highest BCUT2D eigenvalue weighted by Crippen LogP contribution is 2.24. The molecule has 5 nitrogen and oxygen atoms in total. The second-order valence-electron chi connectivity index (χ2n) is 4.93. The van der Waals surface area contributed by atoms with Crippen LogP contribution in [0.2, 0.25) is 0 Å². The lowest BCUT2D eigenvalue weighted by atomic mass is 10.3. The Morgan fingerprint density at radius 2 is 2.19 bits per heavy atom. The number of pyridine rings is 1. The highest BCUT2D eigenvalue weighted by Gasteiger charge is 2.27. The van der Waals surface area contributed by atoms with Crippen LogP contribution in [0, 0.1) is 0 Å². The summed E-state index contributed by atoms with van der Waals surface area (Å²) in [6.45, 7) is 4.66. The molecule has 21 heavy (non-hydrogen) atoms. The molecule has 1 atom stereocenters. The Balaban J connectivity index is 3.01. The minimum Gasteiger partial charge on any atom is -0.369 e. The van der Waals surface area contributed by atoms with Gasteiger partial charge in [-0.3, -0.25) is 0 Å². The smallest absolute Gasteiger partial charge is 0.246 e. The molecule has 0 radical (unpaired) electrons. The van der Waals surface area contributed by atoms with Crippen LogP contribution in [0.3, 0.4) is 0 Å². The van der Waals surface area contributed by atoms with E-state index in [9.17, 15) is 8.42 Å². The van der Waals surface area contributed by atoms with Gasteiger partial charge in [0.25, 0.3) is 0 Å². The van der Waals surface area contributed by atoms with Crippen molar-refractivity contribution in [3.63, 3.8) is 0 Å². The van der Waals surface area contributed by atoms with Crippen molar-refractivity contribution < 1.29 is 8.42 Å². The average Bonchev–Trinajstić information content (AvgIpc) is 2.49. The number of sulfonamides is 1. The van der Waals surface area contributed by atoms with Gasteiger partial charge in [0.05, 0.1) is 0 Å². The molecule has 1 rings (SSSR count). The summed E-state index contributed by atoms with van der Waals surface area (Å²) in [5.74, 6) is 1.37. The molecule has 0 aliphatic rings. The Morgan fingerprint density at radius 3 is 2.81 bits per heavy atom. The predicted molar refractivity (Wildman–Crippen MR) is 90.4 cm³/mol. The zero-order valence-corrected chi connectivity index (χ0v) is 14.8. The lowest BCUT2D eigenvalue weighted by Gasteiger charge is -2.25. The zero-order chi connectivity index (χ0) is 15.9. The lowest BCUT2D eigenvalue weighted by Crippen LogP contribution is -2.36. The minimum absolute atomic E-state index is 0.0401. The van der Waals surface area contributed by atoms with Crippen molar-refractivity contribution in [3.05, 3.63) is 18.3 Å². The molecule has 0 spiro atoms. The molecule has 1 aromatic rings. The summed E-state index contributed by atoms with van der Waals surface area (Å²) in [6, 6.07) is 3.23. The van der Waals surface area contributed by atoms with Gasteiger partial charge in [0, 0.05) is 25.8 Å². The van der Waals surface area contributed by atoms with E-state index < -0.39 is 10.0 Å². The molecule has 1 N–H and O–H groups in total.